The average Bonchev–Trinajstić information content (AvgIpc) is 2.68. The van der Waals surface area contributed by atoms with E-state index < -0.39 is 0 Å². The molecule has 0 aliphatic carbocycles. The van der Waals surface area contributed by atoms with Gasteiger partial charge in [-0.3, -0.25) is 4.90 Å². The van der Waals surface area contributed by atoms with E-state index in [1.54, 1.807) is 0 Å². The third-order valence-electron chi connectivity index (χ3n) is 3.34. The summed E-state index contributed by atoms with van der Waals surface area (Å²) < 4.78 is 5.59. The molecule has 4 heteroatoms. The standard InChI is InChI=1S/C14H24N2OS/c1-4-15-8-14-7-13(12(3)18-14)10-16-5-6-17-11(2)9-16/h7,11,15H,4-6,8-10H2,1-3H3. The van der Waals surface area contributed by atoms with Gasteiger partial charge in [0.25, 0.3) is 0 Å². The fraction of sp³-hybridized carbons (Fsp3) is 0.714. The Balaban J connectivity index is 1.93. The molecule has 1 aromatic rings. The summed E-state index contributed by atoms with van der Waals surface area (Å²) in [4.78, 5) is 5.41. The molecule has 102 valence electrons. The van der Waals surface area contributed by atoms with E-state index in [1.807, 2.05) is 11.3 Å². The fourth-order valence-corrected chi connectivity index (χ4v) is 3.38. The van der Waals surface area contributed by atoms with Crippen LogP contribution in [0.15, 0.2) is 6.07 Å². The van der Waals surface area contributed by atoms with Gasteiger partial charge in [0.2, 0.25) is 0 Å². The van der Waals surface area contributed by atoms with Crippen LogP contribution in [-0.2, 0) is 17.8 Å². The number of morpholine rings is 1. The Morgan fingerprint density at radius 1 is 1.56 bits per heavy atom. The highest BCUT2D eigenvalue weighted by Crippen LogP contribution is 2.23. The number of nitrogens with one attached hydrogen (secondary N) is 1. The molecule has 1 atom stereocenters. The van der Waals surface area contributed by atoms with Crippen molar-refractivity contribution in [2.24, 2.45) is 0 Å². The van der Waals surface area contributed by atoms with Gasteiger partial charge >= 0.3 is 0 Å². The second-order valence-corrected chi connectivity index (χ2v) is 6.33. The van der Waals surface area contributed by atoms with Gasteiger partial charge in [-0.05, 0) is 32.0 Å². The summed E-state index contributed by atoms with van der Waals surface area (Å²) in [7, 11) is 0. The van der Waals surface area contributed by atoms with E-state index in [9.17, 15) is 0 Å². The largest absolute Gasteiger partial charge is 0.376 e. The Kier molecular flexibility index (Phi) is 5.18. The molecule has 1 aromatic heterocycles. The molecule has 0 aromatic carbocycles. The maximum absolute atomic E-state index is 5.59. The van der Waals surface area contributed by atoms with Crippen molar-refractivity contribution < 1.29 is 4.74 Å². The van der Waals surface area contributed by atoms with Crippen molar-refractivity contribution >= 4 is 11.3 Å². The van der Waals surface area contributed by atoms with Crippen LogP contribution in [0.2, 0.25) is 0 Å². The fourth-order valence-electron chi connectivity index (χ4n) is 2.36. The van der Waals surface area contributed by atoms with Crippen molar-refractivity contribution in [3.63, 3.8) is 0 Å². The molecule has 1 unspecified atom stereocenters. The Morgan fingerprint density at radius 2 is 2.39 bits per heavy atom. The van der Waals surface area contributed by atoms with Crippen molar-refractivity contribution in [1.29, 1.82) is 0 Å². The summed E-state index contributed by atoms with van der Waals surface area (Å²) in [6.45, 7) is 12.6. The van der Waals surface area contributed by atoms with E-state index in [1.165, 1.54) is 15.3 Å². The quantitative estimate of drug-likeness (QED) is 0.887. The summed E-state index contributed by atoms with van der Waals surface area (Å²) in [6.07, 6.45) is 0.374. The SMILES string of the molecule is CCNCc1cc(CN2CCOC(C)C2)c(C)s1. The molecule has 2 heterocycles. The molecule has 0 saturated carbocycles. The predicted molar refractivity (Wildman–Crippen MR) is 77.1 cm³/mol. The van der Waals surface area contributed by atoms with Gasteiger partial charge in [-0.1, -0.05) is 6.92 Å². The first kappa shape index (κ1) is 14.0. The Bertz CT molecular complexity index is 378. The number of hydrogen-bond donors (Lipinski definition) is 1. The van der Waals surface area contributed by atoms with Crippen molar-refractivity contribution in [2.45, 2.75) is 40.0 Å². The lowest BCUT2D eigenvalue weighted by molar-refractivity contribution is -0.0212. The monoisotopic (exact) mass is 268 g/mol. The van der Waals surface area contributed by atoms with Crippen LogP contribution in [-0.4, -0.2) is 37.2 Å². The van der Waals surface area contributed by atoms with Gasteiger partial charge in [-0.2, -0.15) is 0 Å². The van der Waals surface area contributed by atoms with Crippen LogP contribution >= 0.6 is 11.3 Å². The number of rotatable bonds is 5. The summed E-state index contributed by atoms with van der Waals surface area (Å²) in [6, 6.07) is 2.36. The molecule has 3 nitrogen and oxygen atoms in total. The highest BCUT2D eigenvalue weighted by molar-refractivity contribution is 7.12. The summed E-state index contributed by atoms with van der Waals surface area (Å²) in [5.41, 5.74) is 1.49. The van der Waals surface area contributed by atoms with Gasteiger partial charge in [-0.25, -0.2) is 0 Å². The van der Waals surface area contributed by atoms with Crippen LogP contribution < -0.4 is 5.32 Å². The van der Waals surface area contributed by atoms with Gasteiger partial charge in [0.1, 0.15) is 0 Å². The number of hydrogen-bond acceptors (Lipinski definition) is 4. The van der Waals surface area contributed by atoms with Gasteiger partial charge in [0.15, 0.2) is 0 Å². The number of nitrogens with zero attached hydrogens (tertiary/aromatic N) is 1. The van der Waals surface area contributed by atoms with Gasteiger partial charge < -0.3 is 10.1 Å². The molecule has 0 radical (unpaired) electrons. The third-order valence-corrected chi connectivity index (χ3v) is 4.43. The maximum atomic E-state index is 5.59. The van der Waals surface area contributed by atoms with Crippen molar-refractivity contribution in [2.75, 3.05) is 26.2 Å². The Labute approximate surface area is 114 Å². The van der Waals surface area contributed by atoms with Gasteiger partial charge in [0, 0.05) is 35.9 Å². The summed E-state index contributed by atoms with van der Waals surface area (Å²) in [5, 5.41) is 3.39. The molecule has 1 N–H and O–H groups in total. The zero-order valence-electron chi connectivity index (χ0n) is 11.7. The van der Waals surface area contributed by atoms with E-state index in [0.717, 1.165) is 39.3 Å². The topological polar surface area (TPSA) is 24.5 Å². The molecule has 1 aliphatic rings. The van der Waals surface area contributed by atoms with Gasteiger partial charge in [-0.15, -0.1) is 11.3 Å². The third kappa shape index (κ3) is 3.79. The van der Waals surface area contributed by atoms with E-state index in [0.29, 0.717) is 6.10 Å². The van der Waals surface area contributed by atoms with Crippen LogP contribution in [0.3, 0.4) is 0 Å². The van der Waals surface area contributed by atoms with Crippen LogP contribution in [0.4, 0.5) is 0 Å². The highest BCUT2D eigenvalue weighted by atomic mass is 32.1. The minimum absolute atomic E-state index is 0.374. The second-order valence-electron chi connectivity index (χ2n) is 4.99. The van der Waals surface area contributed by atoms with Gasteiger partial charge in [0.05, 0.1) is 12.7 Å². The first-order valence-corrected chi connectivity index (χ1v) is 7.63. The molecule has 0 amide bonds. The minimum Gasteiger partial charge on any atom is -0.376 e. The lowest BCUT2D eigenvalue weighted by atomic mass is 10.2. The molecule has 1 aliphatic heterocycles. The first-order chi connectivity index (χ1) is 8.69. The number of aryl methyl sites for hydroxylation is 1. The lowest BCUT2D eigenvalue weighted by Gasteiger charge is -2.31. The van der Waals surface area contributed by atoms with Crippen LogP contribution in [0.5, 0.6) is 0 Å². The van der Waals surface area contributed by atoms with E-state index in [4.69, 9.17) is 4.74 Å². The Morgan fingerprint density at radius 3 is 3.11 bits per heavy atom. The zero-order valence-corrected chi connectivity index (χ0v) is 12.5. The molecule has 0 bridgehead atoms. The minimum atomic E-state index is 0.374. The molecule has 1 saturated heterocycles. The maximum Gasteiger partial charge on any atom is 0.0674 e. The molecule has 0 spiro atoms. The Hall–Kier alpha value is -0.420. The van der Waals surface area contributed by atoms with E-state index >= 15 is 0 Å². The first-order valence-electron chi connectivity index (χ1n) is 6.82. The van der Waals surface area contributed by atoms with Crippen molar-refractivity contribution in [1.82, 2.24) is 10.2 Å². The van der Waals surface area contributed by atoms with Crippen LogP contribution in [0, 0.1) is 6.92 Å². The number of ether oxygens (including phenoxy) is 1. The molecular formula is C14H24N2OS. The highest BCUT2D eigenvalue weighted by Gasteiger charge is 2.18. The van der Waals surface area contributed by atoms with Crippen molar-refractivity contribution in [3.8, 4) is 0 Å². The average molecular weight is 268 g/mol. The van der Waals surface area contributed by atoms with E-state index in [2.05, 4.69) is 37.1 Å². The molecular weight excluding hydrogens is 244 g/mol. The second kappa shape index (κ2) is 6.66. The smallest absolute Gasteiger partial charge is 0.0674 e. The number of thiophene rings is 1. The normalized spacial score (nSPS) is 21.4. The zero-order chi connectivity index (χ0) is 13.0. The molecule has 2 rings (SSSR count). The van der Waals surface area contributed by atoms with E-state index in [-0.39, 0.29) is 0 Å². The van der Waals surface area contributed by atoms with Crippen molar-refractivity contribution in [3.05, 3.63) is 21.4 Å². The van der Waals surface area contributed by atoms with Crippen LogP contribution in [0.25, 0.3) is 0 Å². The lowest BCUT2D eigenvalue weighted by Crippen LogP contribution is -2.40. The predicted octanol–water partition coefficient (Wildman–Crippen LogP) is 2.39. The summed E-state index contributed by atoms with van der Waals surface area (Å²) >= 11 is 1.92. The van der Waals surface area contributed by atoms with Crippen LogP contribution in [0.1, 0.15) is 29.2 Å². The molecule has 1 fully saturated rings. The summed E-state index contributed by atoms with van der Waals surface area (Å²) in [5.74, 6) is 0. The molecule has 18 heavy (non-hydrogen) atoms.